The van der Waals surface area contributed by atoms with Crippen LogP contribution in [0, 0.1) is 11.6 Å². The lowest BCUT2D eigenvalue weighted by Crippen LogP contribution is -2.41. The third-order valence-electron chi connectivity index (χ3n) is 4.57. The molecule has 6 heteroatoms. The Morgan fingerprint density at radius 2 is 1.93 bits per heavy atom. The number of nitrogens with zero attached hydrogens (tertiary/aromatic N) is 1. The number of aryl methyl sites for hydroxylation is 1. The summed E-state index contributed by atoms with van der Waals surface area (Å²) in [5.41, 5.74) is 2.53. The van der Waals surface area contributed by atoms with Crippen molar-refractivity contribution in [1.82, 2.24) is 5.32 Å². The van der Waals surface area contributed by atoms with Crippen LogP contribution in [0.2, 0.25) is 0 Å². The molecule has 0 bridgehead atoms. The Bertz CT molecular complexity index is 819. The first-order chi connectivity index (χ1) is 13.9. The van der Waals surface area contributed by atoms with Gasteiger partial charge in [-0.2, -0.15) is 0 Å². The highest BCUT2D eigenvalue weighted by molar-refractivity contribution is 5.91. The van der Waals surface area contributed by atoms with Gasteiger partial charge in [-0.05, 0) is 49.2 Å². The zero-order valence-corrected chi connectivity index (χ0v) is 17.1. The number of carbonyl (C=O) groups excluding carboxylic acids is 1. The Kier molecular flexibility index (Phi) is 8.80. The lowest BCUT2D eigenvalue weighted by atomic mass is 10.1. The van der Waals surface area contributed by atoms with Gasteiger partial charge in [0.15, 0.2) is 0 Å². The molecule has 0 aliphatic carbocycles. The summed E-state index contributed by atoms with van der Waals surface area (Å²) in [4.78, 5) is 13.2. The predicted molar refractivity (Wildman–Crippen MR) is 113 cm³/mol. The summed E-state index contributed by atoms with van der Waals surface area (Å²) in [5, 5.41) is 2.30. The third kappa shape index (κ3) is 6.98. The molecule has 3 rings (SSSR count). The van der Waals surface area contributed by atoms with Gasteiger partial charge in [-0.3, -0.25) is 4.79 Å². The van der Waals surface area contributed by atoms with Gasteiger partial charge in [0.1, 0.15) is 11.6 Å². The van der Waals surface area contributed by atoms with E-state index >= 15 is 0 Å². The van der Waals surface area contributed by atoms with Gasteiger partial charge >= 0.3 is 0 Å². The van der Waals surface area contributed by atoms with Gasteiger partial charge in [-0.15, -0.1) is 0 Å². The number of hydrogen-bond acceptors (Lipinski definition) is 3. The Morgan fingerprint density at radius 1 is 1.24 bits per heavy atom. The van der Waals surface area contributed by atoms with Gasteiger partial charge in [0, 0.05) is 37.5 Å². The molecule has 1 N–H and O–H groups in total. The van der Waals surface area contributed by atoms with Crippen molar-refractivity contribution in [2.45, 2.75) is 26.4 Å². The summed E-state index contributed by atoms with van der Waals surface area (Å²) in [5.74, 6) is -1.79. The fraction of sp³-hybridized carbons (Fsp3) is 0.348. The number of ether oxygens (including phenoxy) is 1. The van der Waals surface area contributed by atoms with Gasteiger partial charge in [0.25, 0.3) is 0 Å². The standard InChI is InChI=1S/C13H19NO.C10H9F2NO/c1-3-12-5-4-6-13(9-12)14-7-8-15-11(2)10-14;1-13-10(14)6-5-7-8(11)3-2-4-9(7)12/h4-6,9,11H,3,7-8,10H2,1-2H3;2-6H,1H3,(H,13,14)/b;6-5+. The molecule has 1 unspecified atom stereocenters. The fourth-order valence-electron chi connectivity index (χ4n) is 2.94. The monoisotopic (exact) mass is 402 g/mol. The molecule has 29 heavy (non-hydrogen) atoms. The van der Waals surface area contributed by atoms with Crippen LogP contribution in [0.25, 0.3) is 6.08 Å². The van der Waals surface area contributed by atoms with E-state index in [0.717, 1.165) is 50.4 Å². The van der Waals surface area contributed by atoms with Crippen LogP contribution in [0.1, 0.15) is 25.0 Å². The minimum Gasteiger partial charge on any atom is -0.375 e. The van der Waals surface area contributed by atoms with Crippen LogP contribution < -0.4 is 10.2 Å². The van der Waals surface area contributed by atoms with E-state index in [2.05, 4.69) is 48.3 Å². The molecule has 1 saturated heterocycles. The molecule has 1 aliphatic heterocycles. The average molecular weight is 402 g/mol. The fourth-order valence-corrected chi connectivity index (χ4v) is 2.94. The SMILES string of the molecule is CCc1cccc(N2CCOC(C)C2)c1.CNC(=O)/C=C/c1c(F)cccc1F. The minimum atomic E-state index is -0.690. The Balaban J connectivity index is 0.000000208. The largest absolute Gasteiger partial charge is 0.375 e. The Morgan fingerprint density at radius 3 is 2.55 bits per heavy atom. The number of hydrogen-bond donors (Lipinski definition) is 1. The van der Waals surface area contributed by atoms with Gasteiger partial charge in [0.05, 0.1) is 12.7 Å². The van der Waals surface area contributed by atoms with E-state index in [1.54, 1.807) is 0 Å². The average Bonchev–Trinajstić information content (AvgIpc) is 2.73. The van der Waals surface area contributed by atoms with Crippen LogP contribution >= 0.6 is 0 Å². The molecule has 1 amide bonds. The highest BCUT2D eigenvalue weighted by Crippen LogP contribution is 2.19. The van der Waals surface area contributed by atoms with E-state index in [1.807, 2.05) is 0 Å². The van der Waals surface area contributed by atoms with E-state index < -0.39 is 17.5 Å². The number of morpholine rings is 1. The zero-order valence-electron chi connectivity index (χ0n) is 17.1. The summed E-state index contributed by atoms with van der Waals surface area (Å²) < 4.78 is 31.5. The zero-order chi connectivity index (χ0) is 21.2. The molecule has 0 radical (unpaired) electrons. The number of benzene rings is 2. The first kappa shape index (κ1) is 22.6. The van der Waals surface area contributed by atoms with Gasteiger partial charge < -0.3 is 15.0 Å². The molecular weight excluding hydrogens is 374 g/mol. The molecule has 2 aromatic rings. The maximum Gasteiger partial charge on any atom is 0.243 e. The molecule has 1 aliphatic rings. The number of rotatable bonds is 4. The van der Waals surface area contributed by atoms with E-state index in [9.17, 15) is 13.6 Å². The molecule has 1 fully saturated rings. The van der Waals surface area contributed by atoms with Crippen molar-refractivity contribution in [3.8, 4) is 0 Å². The van der Waals surface area contributed by atoms with Crippen molar-refractivity contribution in [3.63, 3.8) is 0 Å². The Hall–Kier alpha value is -2.73. The summed E-state index contributed by atoms with van der Waals surface area (Å²) in [6.07, 6.45) is 3.63. The Labute approximate surface area is 171 Å². The van der Waals surface area contributed by atoms with Crippen molar-refractivity contribution >= 4 is 17.7 Å². The van der Waals surface area contributed by atoms with Crippen molar-refractivity contribution in [2.24, 2.45) is 0 Å². The number of nitrogens with one attached hydrogen (secondary N) is 1. The van der Waals surface area contributed by atoms with Crippen molar-refractivity contribution in [1.29, 1.82) is 0 Å². The van der Waals surface area contributed by atoms with Crippen LogP contribution in [0.5, 0.6) is 0 Å². The number of likely N-dealkylation sites (N-methyl/N-ethyl adjacent to an activating group) is 1. The van der Waals surface area contributed by atoms with Gasteiger partial charge in [-0.1, -0.05) is 25.1 Å². The second-order valence-electron chi connectivity index (χ2n) is 6.73. The first-order valence-corrected chi connectivity index (χ1v) is 9.73. The molecule has 4 nitrogen and oxygen atoms in total. The second-order valence-corrected chi connectivity index (χ2v) is 6.73. The van der Waals surface area contributed by atoms with E-state index in [4.69, 9.17) is 4.74 Å². The van der Waals surface area contributed by atoms with Crippen molar-refractivity contribution in [2.75, 3.05) is 31.6 Å². The van der Waals surface area contributed by atoms with E-state index in [1.165, 1.54) is 24.4 Å². The maximum atomic E-state index is 13.0. The third-order valence-corrected chi connectivity index (χ3v) is 4.57. The van der Waals surface area contributed by atoms with Gasteiger partial charge in [0.2, 0.25) is 5.91 Å². The molecule has 0 saturated carbocycles. The highest BCUT2D eigenvalue weighted by atomic mass is 19.1. The molecule has 2 aromatic carbocycles. The van der Waals surface area contributed by atoms with Crippen LogP contribution in [0.4, 0.5) is 14.5 Å². The van der Waals surface area contributed by atoms with Gasteiger partial charge in [-0.25, -0.2) is 8.78 Å². The predicted octanol–water partition coefficient (Wildman–Crippen LogP) is 4.20. The summed E-state index contributed by atoms with van der Waals surface area (Å²) in [6.45, 7) is 7.19. The smallest absolute Gasteiger partial charge is 0.243 e. The maximum absolute atomic E-state index is 13.0. The number of halogens is 2. The number of amides is 1. The van der Waals surface area contributed by atoms with Crippen LogP contribution in [-0.2, 0) is 16.0 Å². The quantitative estimate of drug-likeness (QED) is 0.780. The van der Waals surface area contributed by atoms with E-state index in [0.29, 0.717) is 6.10 Å². The molecule has 1 atom stereocenters. The molecule has 1 heterocycles. The summed E-state index contributed by atoms with van der Waals surface area (Å²) in [6, 6.07) is 12.3. The highest BCUT2D eigenvalue weighted by Gasteiger charge is 2.16. The topological polar surface area (TPSA) is 41.6 Å². The lowest BCUT2D eigenvalue weighted by molar-refractivity contribution is -0.115. The van der Waals surface area contributed by atoms with Crippen LogP contribution in [0.15, 0.2) is 48.5 Å². The van der Waals surface area contributed by atoms with Crippen LogP contribution in [0.3, 0.4) is 0 Å². The van der Waals surface area contributed by atoms with Crippen LogP contribution in [-0.4, -0.2) is 38.8 Å². The summed E-state index contributed by atoms with van der Waals surface area (Å²) in [7, 11) is 1.43. The molecule has 0 aromatic heterocycles. The number of carbonyl (C=O) groups is 1. The lowest BCUT2D eigenvalue weighted by Gasteiger charge is -2.33. The second kappa shape index (κ2) is 11.3. The summed E-state index contributed by atoms with van der Waals surface area (Å²) >= 11 is 0. The normalized spacial score (nSPS) is 16.3. The minimum absolute atomic E-state index is 0.212. The molecular formula is C23H28F2N2O2. The van der Waals surface area contributed by atoms with Crippen molar-refractivity contribution in [3.05, 3.63) is 71.3 Å². The molecule has 156 valence electrons. The molecule has 0 spiro atoms. The number of anilines is 1. The van der Waals surface area contributed by atoms with Crippen molar-refractivity contribution < 1.29 is 18.3 Å². The van der Waals surface area contributed by atoms with E-state index in [-0.39, 0.29) is 5.56 Å². The first-order valence-electron chi connectivity index (χ1n) is 9.73.